The van der Waals surface area contributed by atoms with Crippen LogP contribution in [0.4, 0.5) is 10.7 Å². The molecule has 0 aliphatic heterocycles. The van der Waals surface area contributed by atoms with Crippen LogP contribution < -0.4 is 10.0 Å². The van der Waals surface area contributed by atoms with Crippen LogP contribution in [0.25, 0.3) is 0 Å². The Morgan fingerprint density at radius 3 is 2.62 bits per heavy atom. The molecule has 0 bridgehead atoms. The van der Waals surface area contributed by atoms with Gasteiger partial charge in [0.1, 0.15) is 4.21 Å². The van der Waals surface area contributed by atoms with Gasteiger partial charge in [0.2, 0.25) is 0 Å². The molecule has 114 valence electrons. The fraction of sp³-hybridized carbons (Fsp3) is 0.200. The van der Waals surface area contributed by atoms with Gasteiger partial charge in [-0.2, -0.15) is 0 Å². The van der Waals surface area contributed by atoms with Gasteiger partial charge in [0.15, 0.2) is 5.00 Å². The minimum Gasteiger partial charge on any atom is -0.374 e. The molecule has 2 aromatic heterocycles. The van der Waals surface area contributed by atoms with E-state index in [1.807, 2.05) is 11.4 Å². The minimum absolute atomic E-state index is 0.0887. The molecule has 21 heavy (non-hydrogen) atoms. The third-order valence-corrected chi connectivity index (χ3v) is 7.15. The average Bonchev–Trinajstić information content (AvgIpc) is 3.02. The number of rotatable bonds is 6. The first-order valence-electron chi connectivity index (χ1n) is 5.52. The van der Waals surface area contributed by atoms with E-state index in [-0.39, 0.29) is 21.4 Å². The number of hydrogen-bond donors (Lipinski definition) is 2. The van der Waals surface area contributed by atoms with Crippen LogP contribution in [0.2, 0.25) is 0 Å². The van der Waals surface area contributed by atoms with Crippen LogP contribution in [0.3, 0.4) is 0 Å². The molecule has 0 unspecified atom stereocenters. The number of nitro groups is 1. The number of hydrogen-bond acceptors (Lipinski definition) is 7. The van der Waals surface area contributed by atoms with Crippen molar-refractivity contribution in [3.63, 3.8) is 0 Å². The summed E-state index contributed by atoms with van der Waals surface area (Å²) >= 11 is 5.53. The van der Waals surface area contributed by atoms with Crippen molar-refractivity contribution >= 4 is 59.3 Å². The van der Waals surface area contributed by atoms with Crippen molar-refractivity contribution in [1.29, 1.82) is 0 Å². The van der Waals surface area contributed by atoms with Gasteiger partial charge in [-0.25, -0.2) is 13.1 Å². The molecule has 0 atom stereocenters. The Bertz CT molecular complexity index is 768. The molecule has 2 N–H and O–H groups in total. The predicted octanol–water partition coefficient (Wildman–Crippen LogP) is 3.00. The van der Waals surface area contributed by atoms with Gasteiger partial charge in [-0.1, -0.05) is 11.3 Å². The van der Waals surface area contributed by atoms with E-state index in [2.05, 4.69) is 26.0 Å². The van der Waals surface area contributed by atoms with E-state index >= 15 is 0 Å². The lowest BCUT2D eigenvalue weighted by Crippen LogP contribution is -2.21. The number of thiophene rings is 2. The SMILES string of the molecule is CNc1sc(S(=O)(=O)NCc2cc(Br)cs2)cc1[N+](=O)[O-]. The standard InChI is InChI=1S/C10H10BrN3O4S3/c1-12-10-8(14(15)16)3-9(20-10)21(17,18)13-4-7-2-6(11)5-19-7/h2-3,5,12-13H,4H2,1H3. The molecule has 11 heteroatoms. The van der Waals surface area contributed by atoms with E-state index in [0.29, 0.717) is 0 Å². The third kappa shape index (κ3) is 3.80. The van der Waals surface area contributed by atoms with Crippen molar-refractivity contribution in [3.05, 3.63) is 37.0 Å². The zero-order valence-electron chi connectivity index (χ0n) is 10.6. The lowest BCUT2D eigenvalue weighted by molar-refractivity contribution is -0.383. The number of sulfonamides is 1. The summed E-state index contributed by atoms with van der Waals surface area (Å²) < 4.78 is 27.5. The van der Waals surface area contributed by atoms with Gasteiger partial charge < -0.3 is 5.32 Å². The summed E-state index contributed by atoms with van der Waals surface area (Å²) in [6.07, 6.45) is 0. The summed E-state index contributed by atoms with van der Waals surface area (Å²) in [6.45, 7) is 0.138. The van der Waals surface area contributed by atoms with E-state index in [4.69, 9.17) is 0 Å². The lowest BCUT2D eigenvalue weighted by Gasteiger charge is -2.02. The summed E-state index contributed by atoms with van der Waals surface area (Å²) in [5.74, 6) is 0. The van der Waals surface area contributed by atoms with Gasteiger partial charge in [0.25, 0.3) is 10.0 Å². The maximum Gasteiger partial charge on any atom is 0.304 e. The molecular weight excluding hydrogens is 402 g/mol. The molecule has 0 saturated carbocycles. The first-order valence-corrected chi connectivity index (χ1v) is 9.49. The van der Waals surface area contributed by atoms with Crippen LogP contribution >= 0.6 is 38.6 Å². The van der Waals surface area contributed by atoms with Gasteiger partial charge in [-0.15, -0.1) is 11.3 Å². The third-order valence-electron chi connectivity index (χ3n) is 2.44. The summed E-state index contributed by atoms with van der Waals surface area (Å²) in [6, 6.07) is 2.87. The Hall–Kier alpha value is -1.01. The van der Waals surface area contributed by atoms with Crippen molar-refractivity contribution in [2.24, 2.45) is 0 Å². The van der Waals surface area contributed by atoms with Crippen molar-refractivity contribution in [3.8, 4) is 0 Å². The molecule has 2 aromatic rings. The van der Waals surface area contributed by atoms with E-state index in [9.17, 15) is 18.5 Å². The molecule has 0 aromatic carbocycles. The normalized spacial score (nSPS) is 11.5. The highest BCUT2D eigenvalue weighted by Crippen LogP contribution is 2.36. The fourth-order valence-electron chi connectivity index (χ4n) is 1.49. The first-order chi connectivity index (χ1) is 9.83. The van der Waals surface area contributed by atoms with E-state index in [0.717, 1.165) is 26.8 Å². The van der Waals surface area contributed by atoms with E-state index in [1.165, 1.54) is 18.4 Å². The van der Waals surface area contributed by atoms with Crippen LogP contribution in [0.5, 0.6) is 0 Å². The van der Waals surface area contributed by atoms with Crippen molar-refractivity contribution in [2.45, 2.75) is 10.8 Å². The summed E-state index contributed by atoms with van der Waals surface area (Å²) in [5.41, 5.74) is -0.248. The first kappa shape index (κ1) is 16.4. The second-order valence-electron chi connectivity index (χ2n) is 3.84. The van der Waals surface area contributed by atoms with Crippen LogP contribution in [0, 0.1) is 10.1 Å². The Labute approximate surface area is 137 Å². The molecular formula is C10H10BrN3O4S3. The van der Waals surface area contributed by atoms with Crippen LogP contribution in [-0.2, 0) is 16.6 Å². The maximum atomic E-state index is 12.2. The Morgan fingerprint density at radius 1 is 1.43 bits per heavy atom. The molecule has 0 aliphatic rings. The molecule has 0 aliphatic carbocycles. The van der Waals surface area contributed by atoms with Crippen LogP contribution in [-0.4, -0.2) is 20.4 Å². The highest BCUT2D eigenvalue weighted by molar-refractivity contribution is 9.10. The highest BCUT2D eigenvalue weighted by Gasteiger charge is 2.25. The average molecular weight is 412 g/mol. The minimum atomic E-state index is -3.78. The quantitative estimate of drug-likeness (QED) is 0.561. The van der Waals surface area contributed by atoms with Crippen molar-refractivity contribution in [1.82, 2.24) is 4.72 Å². The van der Waals surface area contributed by atoms with Gasteiger partial charge in [0, 0.05) is 34.4 Å². The van der Waals surface area contributed by atoms with Gasteiger partial charge in [-0.05, 0) is 22.0 Å². The zero-order valence-corrected chi connectivity index (χ0v) is 14.7. The molecule has 7 nitrogen and oxygen atoms in total. The van der Waals surface area contributed by atoms with Crippen molar-refractivity contribution in [2.75, 3.05) is 12.4 Å². The maximum absolute atomic E-state index is 12.2. The molecule has 0 saturated heterocycles. The smallest absolute Gasteiger partial charge is 0.304 e. The number of anilines is 1. The Balaban J connectivity index is 2.21. The van der Waals surface area contributed by atoms with Gasteiger partial charge >= 0.3 is 5.69 Å². The molecule has 2 heterocycles. The Morgan fingerprint density at radius 2 is 2.14 bits per heavy atom. The number of halogens is 1. The number of nitrogens with one attached hydrogen (secondary N) is 2. The number of nitrogens with zero attached hydrogens (tertiary/aromatic N) is 1. The monoisotopic (exact) mass is 411 g/mol. The highest BCUT2D eigenvalue weighted by atomic mass is 79.9. The van der Waals surface area contributed by atoms with E-state index in [1.54, 1.807) is 0 Å². The largest absolute Gasteiger partial charge is 0.374 e. The fourth-order valence-corrected chi connectivity index (χ4v) is 5.30. The van der Waals surface area contributed by atoms with Crippen LogP contribution in [0.15, 0.2) is 26.2 Å². The zero-order chi connectivity index (χ0) is 15.6. The summed E-state index contributed by atoms with van der Waals surface area (Å²) in [7, 11) is -2.27. The van der Waals surface area contributed by atoms with Gasteiger partial charge in [0.05, 0.1) is 4.92 Å². The summed E-state index contributed by atoms with van der Waals surface area (Å²) in [5, 5.41) is 15.5. The van der Waals surface area contributed by atoms with Gasteiger partial charge in [-0.3, -0.25) is 10.1 Å². The molecule has 0 amide bonds. The predicted molar refractivity (Wildman–Crippen MR) is 86.6 cm³/mol. The second kappa shape index (κ2) is 6.40. The Kier molecular flexibility index (Phi) is 4.99. The summed E-state index contributed by atoms with van der Waals surface area (Å²) in [4.78, 5) is 11.1. The van der Waals surface area contributed by atoms with Crippen molar-refractivity contribution < 1.29 is 13.3 Å². The lowest BCUT2D eigenvalue weighted by atomic mass is 10.5. The molecule has 2 rings (SSSR count). The topological polar surface area (TPSA) is 101 Å². The van der Waals surface area contributed by atoms with Crippen LogP contribution in [0.1, 0.15) is 4.88 Å². The molecule has 0 radical (unpaired) electrons. The molecule has 0 fully saturated rings. The van der Waals surface area contributed by atoms with E-state index < -0.39 is 14.9 Å². The second-order valence-corrected chi connectivity index (χ2v) is 8.80. The molecule has 0 spiro atoms.